The molecular weight excluding hydrogens is 272 g/mol. The summed E-state index contributed by atoms with van der Waals surface area (Å²) in [6.07, 6.45) is 8.92. The van der Waals surface area contributed by atoms with Crippen LogP contribution in [0.3, 0.4) is 0 Å². The average molecular weight is 301 g/mol. The van der Waals surface area contributed by atoms with E-state index in [1.54, 1.807) is 0 Å². The monoisotopic (exact) mass is 300 g/mol. The van der Waals surface area contributed by atoms with Crippen molar-refractivity contribution in [3.05, 3.63) is 0 Å². The summed E-state index contributed by atoms with van der Waals surface area (Å²) in [4.78, 5) is 12.3. The fraction of sp³-hybridized carbons (Fsp3) is 0.938. The molecule has 0 aromatic rings. The summed E-state index contributed by atoms with van der Waals surface area (Å²) < 4.78 is 0. The Morgan fingerprint density at radius 2 is 1.95 bits per heavy atom. The summed E-state index contributed by atoms with van der Waals surface area (Å²) in [7, 11) is 0. The van der Waals surface area contributed by atoms with E-state index in [1.165, 1.54) is 38.5 Å². The summed E-state index contributed by atoms with van der Waals surface area (Å²) >= 11 is 0. The molecule has 1 saturated heterocycles. The van der Waals surface area contributed by atoms with E-state index >= 15 is 0 Å². The maximum atomic E-state index is 12.3. The molecule has 3 rings (SSSR count). The number of carbonyl (C=O) groups excluding carboxylic acids is 1. The number of rotatable bonds is 3. The fourth-order valence-corrected chi connectivity index (χ4v) is 4.25. The fourth-order valence-electron chi connectivity index (χ4n) is 4.25. The van der Waals surface area contributed by atoms with E-state index in [0.29, 0.717) is 17.2 Å². The van der Waals surface area contributed by atoms with Crippen LogP contribution in [0.2, 0.25) is 0 Å². The van der Waals surface area contributed by atoms with Crippen LogP contribution in [0, 0.1) is 23.2 Å². The van der Waals surface area contributed by atoms with E-state index in [4.69, 9.17) is 0 Å². The molecule has 0 radical (unpaired) electrons. The van der Waals surface area contributed by atoms with Crippen molar-refractivity contribution in [1.82, 2.24) is 10.6 Å². The minimum Gasteiger partial charge on any atom is -0.356 e. The number of halogens is 1. The Kier molecular flexibility index (Phi) is 5.36. The highest BCUT2D eigenvalue weighted by Crippen LogP contribution is 2.58. The van der Waals surface area contributed by atoms with Crippen molar-refractivity contribution in [2.45, 2.75) is 51.9 Å². The van der Waals surface area contributed by atoms with Crippen molar-refractivity contribution in [3.63, 3.8) is 0 Å². The van der Waals surface area contributed by atoms with E-state index in [-0.39, 0.29) is 12.4 Å². The molecule has 1 amide bonds. The third-order valence-corrected chi connectivity index (χ3v) is 5.93. The molecule has 3 aliphatic rings. The summed E-state index contributed by atoms with van der Waals surface area (Å²) in [6.45, 7) is 5.47. The number of carbonyl (C=O) groups is 1. The molecule has 1 spiro atoms. The van der Waals surface area contributed by atoms with Crippen LogP contribution in [0.15, 0.2) is 0 Å². The van der Waals surface area contributed by atoms with Gasteiger partial charge in [-0.1, -0.05) is 26.2 Å². The molecular formula is C16H29ClN2O. The third kappa shape index (κ3) is 3.30. The zero-order chi connectivity index (χ0) is 13.3. The van der Waals surface area contributed by atoms with Crippen molar-refractivity contribution in [3.8, 4) is 0 Å². The maximum absolute atomic E-state index is 12.3. The predicted octanol–water partition coefficient (Wildman–Crippen LogP) is 2.74. The van der Waals surface area contributed by atoms with Gasteiger partial charge in [0, 0.05) is 12.5 Å². The van der Waals surface area contributed by atoms with E-state index in [1.807, 2.05) is 0 Å². The summed E-state index contributed by atoms with van der Waals surface area (Å²) in [5.74, 6) is 2.19. The lowest BCUT2D eigenvalue weighted by molar-refractivity contribution is -0.123. The van der Waals surface area contributed by atoms with E-state index in [2.05, 4.69) is 17.6 Å². The lowest BCUT2D eigenvalue weighted by Gasteiger charge is -2.29. The van der Waals surface area contributed by atoms with Gasteiger partial charge < -0.3 is 10.6 Å². The summed E-state index contributed by atoms with van der Waals surface area (Å²) in [6, 6.07) is 0. The lowest BCUT2D eigenvalue weighted by Crippen LogP contribution is -2.37. The average Bonchev–Trinajstić information content (AvgIpc) is 3.12. The van der Waals surface area contributed by atoms with Gasteiger partial charge in [-0.3, -0.25) is 4.79 Å². The number of nitrogens with one attached hydrogen (secondary N) is 2. The van der Waals surface area contributed by atoms with Gasteiger partial charge in [0.25, 0.3) is 0 Å². The Morgan fingerprint density at radius 3 is 2.65 bits per heavy atom. The minimum absolute atomic E-state index is 0. The Morgan fingerprint density at radius 1 is 1.25 bits per heavy atom. The van der Waals surface area contributed by atoms with Gasteiger partial charge in [0.1, 0.15) is 0 Å². The summed E-state index contributed by atoms with van der Waals surface area (Å²) in [5.41, 5.74) is 0.382. The standard InChI is InChI=1S/C16H28N2O.ClH/c1-12-4-2-3-5-13(12)11-18-15(19)14-10-16(14)6-8-17-9-7-16;/h12-14,17H,2-11H2,1H3,(H,18,19);1H. The van der Waals surface area contributed by atoms with Gasteiger partial charge >= 0.3 is 0 Å². The zero-order valence-electron chi connectivity index (χ0n) is 12.6. The van der Waals surface area contributed by atoms with Crippen molar-refractivity contribution in [2.75, 3.05) is 19.6 Å². The molecule has 3 unspecified atom stereocenters. The molecule has 20 heavy (non-hydrogen) atoms. The Balaban J connectivity index is 0.00000147. The normalized spacial score (nSPS) is 35.1. The van der Waals surface area contributed by atoms with Gasteiger partial charge in [0.05, 0.1) is 0 Å². The number of hydrogen-bond donors (Lipinski definition) is 2. The second-order valence-electron chi connectivity index (χ2n) is 7.14. The largest absolute Gasteiger partial charge is 0.356 e. The topological polar surface area (TPSA) is 41.1 Å². The molecule has 2 N–H and O–H groups in total. The zero-order valence-corrected chi connectivity index (χ0v) is 13.4. The first-order valence-corrected chi connectivity index (χ1v) is 8.20. The van der Waals surface area contributed by atoms with Crippen molar-refractivity contribution < 1.29 is 4.79 Å². The van der Waals surface area contributed by atoms with Crippen molar-refractivity contribution in [1.29, 1.82) is 0 Å². The highest BCUT2D eigenvalue weighted by molar-refractivity contribution is 5.85. The number of amides is 1. The van der Waals surface area contributed by atoms with E-state index < -0.39 is 0 Å². The van der Waals surface area contributed by atoms with Crippen LogP contribution in [-0.4, -0.2) is 25.5 Å². The molecule has 3 atom stereocenters. The van der Waals surface area contributed by atoms with Gasteiger partial charge in [-0.05, 0) is 56.0 Å². The van der Waals surface area contributed by atoms with Gasteiger partial charge in [-0.15, -0.1) is 12.4 Å². The van der Waals surface area contributed by atoms with Gasteiger partial charge in [-0.2, -0.15) is 0 Å². The van der Waals surface area contributed by atoms with Crippen LogP contribution in [0.5, 0.6) is 0 Å². The van der Waals surface area contributed by atoms with E-state index in [0.717, 1.165) is 37.9 Å². The molecule has 3 nitrogen and oxygen atoms in total. The second-order valence-corrected chi connectivity index (χ2v) is 7.14. The van der Waals surface area contributed by atoms with Crippen molar-refractivity contribution in [2.24, 2.45) is 23.2 Å². The quantitative estimate of drug-likeness (QED) is 0.841. The number of hydrogen-bond acceptors (Lipinski definition) is 2. The van der Waals surface area contributed by atoms with Crippen LogP contribution < -0.4 is 10.6 Å². The third-order valence-electron chi connectivity index (χ3n) is 5.93. The molecule has 0 aromatic carbocycles. The van der Waals surface area contributed by atoms with Crippen LogP contribution in [0.1, 0.15) is 51.9 Å². The Labute approximate surface area is 129 Å². The SMILES string of the molecule is CC1CCCCC1CNC(=O)C1CC12CCNCC2.Cl. The second kappa shape index (κ2) is 6.65. The molecule has 2 saturated carbocycles. The minimum atomic E-state index is 0. The molecule has 3 fully saturated rings. The van der Waals surface area contributed by atoms with Gasteiger partial charge in [-0.25, -0.2) is 0 Å². The molecule has 4 heteroatoms. The molecule has 1 heterocycles. The molecule has 116 valence electrons. The first-order chi connectivity index (χ1) is 9.21. The first kappa shape index (κ1) is 16.1. The Hall–Kier alpha value is -0.280. The first-order valence-electron chi connectivity index (χ1n) is 8.20. The molecule has 0 bridgehead atoms. The van der Waals surface area contributed by atoms with Crippen LogP contribution in [0.4, 0.5) is 0 Å². The molecule has 1 aliphatic heterocycles. The van der Waals surface area contributed by atoms with Crippen LogP contribution >= 0.6 is 12.4 Å². The lowest BCUT2D eigenvalue weighted by atomic mass is 9.80. The van der Waals surface area contributed by atoms with Gasteiger partial charge in [0.15, 0.2) is 0 Å². The number of piperidine rings is 1. The highest BCUT2D eigenvalue weighted by Gasteiger charge is 2.57. The Bertz CT molecular complexity index is 341. The molecule has 0 aromatic heterocycles. The smallest absolute Gasteiger partial charge is 0.223 e. The van der Waals surface area contributed by atoms with Gasteiger partial charge in [0.2, 0.25) is 5.91 Å². The summed E-state index contributed by atoms with van der Waals surface area (Å²) in [5, 5.41) is 6.65. The van der Waals surface area contributed by atoms with Crippen molar-refractivity contribution >= 4 is 18.3 Å². The molecule has 2 aliphatic carbocycles. The van der Waals surface area contributed by atoms with Crippen LogP contribution in [-0.2, 0) is 4.79 Å². The predicted molar refractivity (Wildman–Crippen MR) is 84.0 cm³/mol. The maximum Gasteiger partial charge on any atom is 0.223 e. The van der Waals surface area contributed by atoms with E-state index in [9.17, 15) is 4.79 Å². The van der Waals surface area contributed by atoms with Crippen LogP contribution in [0.25, 0.3) is 0 Å². The highest BCUT2D eigenvalue weighted by atomic mass is 35.5.